The Morgan fingerprint density at radius 3 is 2.47 bits per heavy atom. The van der Waals surface area contributed by atoms with E-state index in [4.69, 9.17) is 0 Å². The lowest BCUT2D eigenvalue weighted by molar-refractivity contribution is 0.144. The third-order valence-electron chi connectivity index (χ3n) is 3.06. The minimum Gasteiger partial charge on any atom is -0.314 e. The van der Waals surface area contributed by atoms with Gasteiger partial charge in [0.25, 0.3) is 0 Å². The van der Waals surface area contributed by atoms with Crippen molar-refractivity contribution in [2.24, 2.45) is 0 Å². The van der Waals surface area contributed by atoms with E-state index in [-0.39, 0.29) is 30.6 Å². The highest BCUT2D eigenvalue weighted by Gasteiger charge is 2.24. The predicted molar refractivity (Wildman–Crippen MR) is 86.8 cm³/mol. The van der Waals surface area contributed by atoms with E-state index < -0.39 is 12.7 Å². The molecule has 19 heavy (non-hydrogen) atoms. The van der Waals surface area contributed by atoms with Gasteiger partial charge in [0.15, 0.2) is 0 Å². The van der Waals surface area contributed by atoms with Crippen molar-refractivity contribution in [1.82, 2.24) is 10.2 Å². The summed E-state index contributed by atoms with van der Waals surface area (Å²) in [5.41, 5.74) is 0.473. The Morgan fingerprint density at radius 2 is 1.89 bits per heavy atom. The SMILES string of the molecule is Cl.Cl.FC[C@H](c1cc(I)ccc1F)N1CCNCC1. The van der Waals surface area contributed by atoms with Crippen LogP contribution >= 0.6 is 47.4 Å². The molecule has 0 unspecified atom stereocenters. The van der Waals surface area contributed by atoms with Gasteiger partial charge in [-0.05, 0) is 40.8 Å². The van der Waals surface area contributed by atoms with Crippen LogP contribution in [0.3, 0.4) is 0 Å². The van der Waals surface area contributed by atoms with Crippen LogP contribution in [0.25, 0.3) is 0 Å². The van der Waals surface area contributed by atoms with Gasteiger partial charge in [-0.2, -0.15) is 0 Å². The van der Waals surface area contributed by atoms with E-state index in [9.17, 15) is 8.78 Å². The summed E-state index contributed by atoms with van der Waals surface area (Å²) in [5, 5.41) is 3.21. The molecular formula is C12H17Cl2F2IN2. The van der Waals surface area contributed by atoms with Gasteiger partial charge in [0.2, 0.25) is 0 Å². The first-order valence-corrected chi connectivity index (χ1v) is 6.76. The van der Waals surface area contributed by atoms with Gasteiger partial charge in [0.1, 0.15) is 12.5 Å². The largest absolute Gasteiger partial charge is 0.314 e. The standard InChI is InChI=1S/C12H15F2IN2.2ClH/c13-8-12(17-5-3-16-4-6-17)10-7-9(15)1-2-11(10)14;;/h1-2,7,12,16H,3-6,8H2;2*1H/t12-;;/m1../s1. The normalized spacial score (nSPS) is 17.2. The van der Waals surface area contributed by atoms with Crippen molar-refractivity contribution in [2.45, 2.75) is 6.04 Å². The number of hydrogen-bond acceptors (Lipinski definition) is 2. The summed E-state index contributed by atoms with van der Waals surface area (Å²) in [4.78, 5) is 2.00. The van der Waals surface area contributed by atoms with Gasteiger partial charge in [0, 0.05) is 35.3 Å². The molecule has 0 aromatic heterocycles. The number of rotatable bonds is 3. The van der Waals surface area contributed by atoms with Crippen LogP contribution in [0.2, 0.25) is 0 Å². The summed E-state index contributed by atoms with van der Waals surface area (Å²) in [5.74, 6) is -0.313. The Labute approximate surface area is 138 Å². The zero-order chi connectivity index (χ0) is 12.3. The van der Waals surface area contributed by atoms with Gasteiger partial charge < -0.3 is 5.32 Å². The molecule has 110 valence electrons. The lowest BCUT2D eigenvalue weighted by atomic mass is 10.1. The number of benzene rings is 1. The number of halogens is 5. The molecule has 2 nitrogen and oxygen atoms in total. The fraction of sp³-hybridized carbons (Fsp3) is 0.500. The maximum absolute atomic E-state index is 13.7. The van der Waals surface area contributed by atoms with Crippen molar-refractivity contribution >= 4 is 47.4 Å². The van der Waals surface area contributed by atoms with E-state index in [0.717, 1.165) is 29.7 Å². The Bertz CT molecular complexity index is 390. The van der Waals surface area contributed by atoms with Crippen molar-refractivity contribution in [2.75, 3.05) is 32.9 Å². The highest BCUT2D eigenvalue weighted by atomic mass is 127. The fourth-order valence-electron chi connectivity index (χ4n) is 2.14. The van der Waals surface area contributed by atoms with Gasteiger partial charge in [-0.3, -0.25) is 4.90 Å². The van der Waals surface area contributed by atoms with Gasteiger partial charge in [-0.15, -0.1) is 24.8 Å². The Morgan fingerprint density at radius 1 is 1.26 bits per heavy atom. The Kier molecular flexibility index (Phi) is 9.43. The third-order valence-corrected chi connectivity index (χ3v) is 3.73. The van der Waals surface area contributed by atoms with E-state index in [0.29, 0.717) is 5.56 Å². The smallest absolute Gasteiger partial charge is 0.128 e. The van der Waals surface area contributed by atoms with Crippen molar-refractivity contribution in [3.8, 4) is 0 Å². The second-order valence-electron chi connectivity index (χ2n) is 4.12. The van der Waals surface area contributed by atoms with E-state index in [1.54, 1.807) is 12.1 Å². The summed E-state index contributed by atoms with van der Waals surface area (Å²) >= 11 is 2.12. The Hall–Kier alpha value is 0.310. The molecule has 1 saturated heterocycles. The van der Waals surface area contributed by atoms with Gasteiger partial charge in [-0.1, -0.05) is 0 Å². The van der Waals surface area contributed by atoms with Crippen LogP contribution in [0.5, 0.6) is 0 Å². The van der Waals surface area contributed by atoms with Crippen LogP contribution in [0, 0.1) is 9.39 Å². The third kappa shape index (κ3) is 4.97. The fourth-order valence-corrected chi connectivity index (χ4v) is 2.66. The van der Waals surface area contributed by atoms with Crippen LogP contribution in [-0.4, -0.2) is 37.8 Å². The highest BCUT2D eigenvalue weighted by Crippen LogP contribution is 2.25. The summed E-state index contributed by atoms with van der Waals surface area (Å²) in [6.07, 6.45) is 0. The Balaban J connectivity index is 0.00000162. The molecule has 1 fully saturated rings. The van der Waals surface area contributed by atoms with Gasteiger partial charge in [-0.25, -0.2) is 8.78 Å². The van der Waals surface area contributed by atoms with Crippen LogP contribution in [0.1, 0.15) is 11.6 Å². The summed E-state index contributed by atoms with van der Waals surface area (Å²) < 4.78 is 27.9. The second-order valence-corrected chi connectivity index (χ2v) is 5.37. The zero-order valence-corrected chi connectivity index (χ0v) is 14.0. The molecule has 0 radical (unpaired) electrons. The van der Waals surface area contributed by atoms with Crippen LogP contribution in [0.15, 0.2) is 18.2 Å². The molecule has 2 rings (SSSR count). The molecule has 1 aliphatic heterocycles. The van der Waals surface area contributed by atoms with Crippen molar-refractivity contribution < 1.29 is 8.78 Å². The number of alkyl halides is 1. The first kappa shape index (κ1) is 19.3. The van der Waals surface area contributed by atoms with Crippen molar-refractivity contribution in [3.05, 3.63) is 33.1 Å². The van der Waals surface area contributed by atoms with Gasteiger partial charge >= 0.3 is 0 Å². The maximum Gasteiger partial charge on any atom is 0.128 e. The highest BCUT2D eigenvalue weighted by molar-refractivity contribution is 14.1. The maximum atomic E-state index is 13.7. The van der Waals surface area contributed by atoms with Crippen LogP contribution in [-0.2, 0) is 0 Å². The molecule has 1 N–H and O–H groups in total. The molecule has 0 spiro atoms. The van der Waals surface area contributed by atoms with E-state index in [1.807, 2.05) is 4.90 Å². The first-order valence-electron chi connectivity index (χ1n) is 5.68. The molecule has 0 aliphatic carbocycles. The molecule has 0 bridgehead atoms. The summed E-state index contributed by atoms with van der Waals surface area (Å²) in [6, 6.07) is 4.41. The number of piperazine rings is 1. The van der Waals surface area contributed by atoms with Crippen LogP contribution in [0.4, 0.5) is 8.78 Å². The van der Waals surface area contributed by atoms with E-state index in [2.05, 4.69) is 27.9 Å². The molecule has 7 heteroatoms. The van der Waals surface area contributed by atoms with Crippen molar-refractivity contribution in [3.63, 3.8) is 0 Å². The number of hydrogen-bond donors (Lipinski definition) is 1. The number of nitrogens with one attached hydrogen (secondary N) is 1. The molecule has 0 saturated carbocycles. The average Bonchev–Trinajstić information content (AvgIpc) is 2.36. The lowest BCUT2D eigenvalue weighted by Gasteiger charge is -2.33. The molecular weight excluding hydrogens is 408 g/mol. The molecule has 1 aromatic rings. The molecule has 0 amide bonds. The minimum absolute atomic E-state index is 0. The minimum atomic E-state index is -0.545. The van der Waals surface area contributed by atoms with E-state index in [1.165, 1.54) is 6.07 Å². The topological polar surface area (TPSA) is 15.3 Å². The predicted octanol–water partition coefficient (Wildman–Crippen LogP) is 3.19. The molecule has 1 aromatic carbocycles. The zero-order valence-electron chi connectivity index (χ0n) is 10.2. The summed E-state index contributed by atoms with van der Waals surface area (Å²) in [6.45, 7) is 2.65. The first-order chi connectivity index (χ1) is 8.22. The monoisotopic (exact) mass is 424 g/mol. The summed E-state index contributed by atoms with van der Waals surface area (Å²) in [7, 11) is 0. The molecule has 1 heterocycles. The van der Waals surface area contributed by atoms with Gasteiger partial charge in [0.05, 0.1) is 6.04 Å². The molecule has 1 atom stereocenters. The van der Waals surface area contributed by atoms with Crippen molar-refractivity contribution in [1.29, 1.82) is 0 Å². The number of nitrogens with zero attached hydrogens (tertiary/aromatic N) is 1. The quantitative estimate of drug-likeness (QED) is 0.749. The molecule has 1 aliphatic rings. The second kappa shape index (κ2) is 9.28. The average molecular weight is 425 g/mol. The lowest BCUT2D eigenvalue weighted by Crippen LogP contribution is -2.45. The van der Waals surface area contributed by atoms with E-state index >= 15 is 0 Å². The van der Waals surface area contributed by atoms with Crippen LogP contribution < -0.4 is 5.32 Å².